The molecule has 0 radical (unpaired) electrons. The third kappa shape index (κ3) is 8.01. The van der Waals surface area contributed by atoms with Gasteiger partial charge in [-0.3, -0.25) is 0 Å². The fourth-order valence-corrected chi connectivity index (χ4v) is 9.27. The highest BCUT2D eigenvalue weighted by Crippen LogP contribution is 2.45. The second kappa shape index (κ2) is 17.8. The summed E-state index contributed by atoms with van der Waals surface area (Å²) in [7, 11) is 0. The second-order valence-corrected chi connectivity index (χ2v) is 16.5. The number of fused-ring (bicyclic) bond motifs is 3. The summed E-state index contributed by atoms with van der Waals surface area (Å²) >= 11 is 0. The molecule has 1 N–H and O–H groups in total. The predicted molar refractivity (Wildman–Crippen MR) is 274 cm³/mol. The summed E-state index contributed by atoms with van der Waals surface area (Å²) < 4.78 is 6.97. The predicted octanol–water partition coefficient (Wildman–Crippen LogP) is 16.9. The normalized spacial score (nSPS) is 14.3. The van der Waals surface area contributed by atoms with E-state index in [1.807, 2.05) is 0 Å². The molecule has 9 aromatic rings. The molecule has 0 saturated heterocycles. The minimum atomic E-state index is 0.314. The maximum atomic E-state index is 6.97. The second-order valence-electron chi connectivity index (χ2n) is 16.5. The molecule has 314 valence electrons. The van der Waals surface area contributed by atoms with Crippen molar-refractivity contribution < 1.29 is 4.42 Å². The van der Waals surface area contributed by atoms with Gasteiger partial charge in [0.25, 0.3) is 0 Å². The van der Waals surface area contributed by atoms with E-state index in [-0.39, 0.29) is 0 Å². The molecule has 0 bridgehead atoms. The van der Waals surface area contributed by atoms with E-state index in [0.717, 1.165) is 86.7 Å². The number of allylic oxidation sites excluding steroid dienone is 6. The van der Waals surface area contributed by atoms with Crippen LogP contribution in [-0.4, -0.2) is 6.04 Å². The highest BCUT2D eigenvalue weighted by atomic mass is 16.3. The van der Waals surface area contributed by atoms with Crippen molar-refractivity contribution in [2.24, 2.45) is 0 Å². The van der Waals surface area contributed by atoms with Crippen molar-refractivity contribution in [3.63, 3.8) is 0 Å². The number of nitrogens with zero attached hydrogens (tertiary/aromatic N) is 3. The molecule has 11 rings (SSSR count). The van der Waals surface area contributed by atoms with Crippen molar-refractivity contribution in [2.45, 2.75) is 25.3 Å². The zero-order chi connectivity index (χ0) is 43.4. The summed E-state index contributed by atoms with van der Waals surface area (Å²) in [6, 6.07) is 71.1. The van der Waals surface area contributed by atoms with E-state index in [9.17, 15) is 0 Å². The van der Waals surface area contributed by atoms with Crippen LogP contribution in [0.25, 0.3) is 33.1 Å². The highest BCUT2D eigenvalue weighted by Gasteiger charge is 2.23. The van der Waals surface area contributed by atoms with E-state index in [0.29, 0.717) is 6.04 Å². The van der Waals surface area contributed by atoms with Crippen molar-refractivity contribution in [1.82, 2.24) is 0 Å². The number of para-hydroxylation sites is 5. The van der Waals surface area contributed by atoms with Gasteiger partial charge in [0.05, 0.1) is 17.4 Å². The van der Waals surface area contributed by atoms with Crippen LogP contribution in [0.3, 0.4) is 0 Å². The van der Waals surface area contributed by atoms with Gasteiger partial charge in [0.2, 0.25) is 0 Å². The Morgan fingerprint density at radius 3 is 1.60 bits per heavy atom. The van der Waals surface area contributed by atoms with Gasteiger partial charge in [-0.15, -0.1) is 0 Å². The van der Waals surface area contributed by atoms with E-state index in [2.05, 4.69) is 263 Å². The summed E-state index contributed by atoms with van der Waals surface area (Å²) in [5.41, 5.74) is 14.8. The molecule has 5 heteroatoms. The number of hydrogen-bond acceptors (Lipinski definition) is 5. The van der Waals surface area contributed by atoms with E-state index < -0.39 is 0 Å². The molecule has 0 saturated carbocycles. The van der Waals surface area contributed by atoms with Gasteiger partial charge in [-0.05, 0) is 134 Å². The molecule has 1 unspecified atom stereocenters. The van der Waals surface area contributed by atoms with Gasteiger partial charge in [0.1, 0.15) is 0 Å². The van der Waals surface area contributed by atoms with Gasteiger partial charge < -0.3 is 24.4 Å². The molecule has 0 aliphatic heterocycles. The van der Waals surface area contributed by atoms with Crippen LogP contribution in [0, 0.1) is 0 Å². The fraction of sp³-hybridized carbons (Fsp3) is 0.0667. The molecule has 2 aliphatic carbocycles. The molecule has 8 aromatic carbocycles. The summed E-state index contributed by atoms with van der Waals surface area (Å²) in [6.07, 6.45) is 18.7. The first-order valence-electron chi connectivity index (χ1n) is 22.5. The molecule has 1 atom stereocenters. The summed E-state index contributed by atoms with van der Waals surface area (Å²) in [5.74, 6) is 0. The Morgan fingerprint density at radius 2 is 1.00 bits per heavy atom. The lowest BCUT2D eigenvalue weighted by Crippen LogP contribution is -2.33. The Hall–Kier alpha value is -8.28. The van der Waals surface area contributed by atoms with Gasteiger partial charge in [-0.1, -0.05) is 140 Å². The van der Waals surface area contributed by atoms with Crippen molar-refractivity contribution in [3.8, 4) is 11.1 Å². The van der Waals surface area contributed by atoms with E-state index in [1.165, 1.54) is 22.5 Å². The molecular weight excluding hydrogens is 793 g/mol. The van der Waals surface area contributed by atoms with Gasteiger partial charge in [-0.2, -0.15) is 0 Å². The number of furan rings is 1. The average molecular weight is 841 g/mol. The molecule has 0 amide bonds. The summed E-state index contributed by atoms with van der Waals surface area (Å²) in [4.78, 5) is 7.08. The third-order valence-electron chi connectivity index (χ3n) is 12.4. The largest absolute Gasteiger partial charge is 0.452 e. The fourth-order valence-electron chi connectivity index (χ4n) is 9.27. The van der Waals surface area contributed by atoms with Crippen LogP contribution in [-0.2, 0) is 0 Å². The minimum absolute atomic E-state index is 0.314. The lowest BCUT2D eigenvalue weighted by atomic mass is 10.00. The summed E-state index contributed by atoms with van der Waals surface area (Å²) in [5, 5.41) is 5.81. The zero-order valence-corrected chi connectivity index (χ0v) is 36.0. The van der Waals surface area contributed by atoms with Crippen molar-refractivity contribution in [1.29, 1.82) is 0 Å². The first-order chi connectivity index (χ1) is 32.2. The third-order valence-corrected chi connectivity index (χ3v) is 12.4. The Balaban J connectivity index is 0.891. The van der Waals surface area contributed by atoms with Crippen LogP contribution < -0.4 is 20.0 Å². The first-order valence-corrected chi connectivity index (χ1v) is 22.5. The topological polar surface area (TPSA) is 34.9 Å². The highest BCUT2D eigenvalue weighted by molar-refractivity contribution is 6.13. The molecule has 1 heterocycles. The monoisotopic (exact) mass is 840 g/mol. The van der Waals surface area contributed by atoms with Gasteiger partial charge >= 0.3 is 0 Å². The number of nitrogens with one attached hydrogen (secondary N) is 1. The molecule has 1 aromatic heterocycles. The Labute approximate surface area is 380 Å². The van der Waals surface area contributed by atoms with Crippen LogP contribution in [0.1, 0.15) is 19.3 Å². The van der Waals surface area contributed by atoms with Gasteiger partial charge in [-0.25, -0.2) is 0 Å². The molecule has 0 fully saturated rings. The standard InChI is InChI=1S/C60H48N4O/c1-6-18-47(19-7-1)62(48-20-8-2-9-21-48)52-38-34-45(35-39-52)44-32-36-46(37-33-44)61-57-30-16-28-55-56-29-17-31-58(60(56)65-59(55)57)64(51-26-14-5-15-27-51)54-42-40-53(41-43-54)63(49-22-10-3-11-23-49)50-24-12-4-13-25-50/h1-8,10-18,20,22-43,47,61H,9,19,21H2. The first kappa shape index (κ1) is 39.6. The van der Waals surface area contributed by atoms with Gasteiger partial charge in [0, 0.05) is 56.3 Å². The molecule has 0 spiro atoms. The quantitative estimate of drug-likeness (QED) is 0.133. The van der Waals surface area contributed by atoms with Crippen LogP contribution in [0.4, 0.5) is 51.2 Å². The zero-order valence-electron chi connectivity index (χ0n) is 36.0. The minimum Gasteiger partial charge on any atom is -0.452 e. The SMILES string of the molecule is C1=CCCC(N(c2ccc(-c3ccc(Nc4cccc5c4oc4c(N(c6ccccc6)c6ccc(N(c7ccccc7)c7ccccc7)cc6)cccc45)cc3)cc2)C2C=CC=CC2)=C1. The van der Waals surface area contributed by atoms with Crippen molar-refractivity contribution in [3.05, 3.63) is 248 Å². The lowest BCUT2D eigenvalue weighted by Gasteiger charge is -2.35. The maximum absolute atomic E-state index is 6.97. The summed E-state index contributed by atoms with van der Waals surface area (Å²) in [6.45, 7) is 0. The van der Waals surface area contributed by atoms with E-state index >= 15 is 0 Å². The van der Waals surface area contributed by atoms with E-state index in [4.69, 9.17) is 4.42 Å². The number of anilines is 9. The van der Waals surface area contributed by atoms with Crippen molar-refractivity contribution in [2.75, 3.05) is 20.0 Å². The lowest BCUT2D eigenvalue weighted by molar-refractivity contribution is 0.670. The Kier molecular flexibility index (Phi) is 10.9. The average Bonchev–Trinajstić information content (AvgIpc) is 3.77. The molecule has 65 heavy (non-hydrogen) atoms. The Morgan fingerprint density at radius 1 is 0.446 bits per heavy atom. The number of hydrogen-bond donors (Lipinski definition) is 1. The van der Waals surface area contributed by atoms with Crippen molar-refractivity contribution >= 4 is 73.1 Å². The van der Waals surface area contributed by atoms with Crippen LogP contribution in [0.5, 0.6) is 0 Å². The number of rotatable bonds is 12. The van der Waals surface area contributed by atoms with Crippen LogP contribution in [0.15, 0.2) is 253 Å². The van der Waals surface area contributed by atoms with Crippen LogP contribution >= 0.6 is 0 Å². The molecule has 2 aliphatic rings. The molecule has 5 nitrogen and oxygen atoms in total. The van der Waals surface area contributed by atoms with E-state index in [1.54, 1.807) is 0 Å². The smallest absolute Gasteiger partial charge is 0.159 e. The molecular formula is C60H48N4O. The number of benzene rings is 8. The Bertz CT molecular complexity index is 3150. The maximum Gasteiger partial charge on any atom is 0.159 e. The van der Waals surface area contributed by atoms with Crippen LogP contribution in [0.2, 0.25) is 0 Å². The van der Waals surface area contributed by atoms with Gasteiger partial charge in [0.15, 0.2) is 11.2 Å².